The molecule has 3 rings (SSSR count). The van der Waals surface area contributed by atoms with E-state index in [2.05, 4.69) is 55.1 Å². The third kappa shape index (κ3) is 3.79. The maximum atomic E-state index is 12.6. The Balaban J connectivity index is 1.54. The number of para-hydroxylation sites is 1. The van der Waals surface area contributed by atoms with E-state index in [0.717, 1.165) is 38.2 Å². The minimum Gasteiger partial charge on any atom is -0.311 e. The molecule has 1 aromatic carbocycles. The van der Waals surface area contributed by atoms with Crippen molar-refractivity contribution >= 4 is 11.6 Å². The van der Waals surface area contributed by atoms with Gasteiger partial charge in [0.15, 0.2) is 0 Å². The number of carbonyl (C=O) groups is 1. The van der Waals surface area contributed by atoms with E-state index in [-0.39, 0.29) is 11.3 Å². The highest BCUT2D eigenvalue weighted by atomic mass is 16.2. The summed E-state index contributed by atoms with van der Waals surface area (Å²) in [6.07, 6.45) is 2.12. The second-order valence-electron chi connectivity index (χ2n) is 8.04. The van der Waals surface area contributed by atoms with Gasteiger partial charge < -0.3 is 10.2 Å². The average molecular weight is 330 g/mol. The first-order chi connectivity index (χ1) is 11.5. The third-order valence-corrected chi connectivity index (χ3v) is 5.12. The van der Waals surface area contributed by atoms with Crippen LogP contribution in [0.4, 0.5) is 5.69 Å². The van der Waals surface area contributed by atoms with Crippen LogP contribution in [0.15, 0.2) is 24.3 Å². The number of hydrogen-bond donors (Lipinski definition) is 3. The van der Waals surface area contributed by atoms with E-state index in [1.807, 2.05) is 11.0 Å². The summed E-state index contributed by atoms with van der Waals surface area (Å²) in [6.45, 7) is 9.77. The lowest BCUT2D eigenvalue weighted by Crippen LogP contribution is -2.46. The Morgan fingerprint density at radius 2 is 2.12 bits per heavy atom. The fraction of sp³-hybridized carbons (Fsp3) is 0.632. The van der Waals surface area contributed by atoms with Crippen molar-refractivity contribution in [3.05, 3.63) is 29.8 Å². The standard InChI is InChI=1S/C19H30N4O/c1-19(2,3)18-15(12-21-22-18)11-20-13-17(24)23-10-6-8-14-7-4-5-9-16(14)23/h4-5,7,9,15,18,20-22H,6,8,10-13H2,1-3H3. The molecule has 1 fully saturated rings. The van der Waals surface area contributed by atoms with Gasteiger partial charge in [-0.05, 0) is 29.9 Å². The summed E-state index contributed by atoms with van der Waals surface area (Å²) in [5.74, 6) is 0.666. The minimum atomic E-state index is 0.174. The zero-order valence-electron chi connectivity index (χ0n) is 15.1. The van der Waals surface area contributed by atoms with Crippen LogP contribution >= 0.6 is 0 Å². The van der Waals surface area contributed by atoms with E-state index in [9.17, 15) is 4.79 Å². The zero-order valence-corrected chi connectivity index (χ0v) is 15.1. The second-order valence-corrected chi connectivity index (χ2v) is 8.04. The number of rotatable bonds is 4. The molecule has 0 bridgehead atoms. The Kier molecular flexibility index (Phi) is 5.23. The normalized spacial score (nSPS) is 24.0. The van der Waals surface area contributed by atoms with Gasteiger partial charge in [0.2, 0.25) is 5.91 Å². The fourth-order valence-electron chi connectivity index (χ4n) is 3.90. The van der Waals surface area contributed by atoms with Gasteiger partial charge >= 0.3 is 0 Å². The Hall–Kier alpha value is -1.43. The number of aryl methyl sites for hydroxylation is 1. The first-order valence-electron chi connectivity index (χ1n) is 9.04. The maximum absolute atomic E-state index is 12.6. The van der Waals surface area contributed by atoms with Crippen molar-refractivity contribution in [3.8, 4) is 0 Å². The van der Waals surface area contributed by atoms with Crippen LogP contribution in [-0.4, -0.2) is 38.1 Å². The first-order valence-corrected chi connectivity index (χ1v) is 9.04. The molecule has 1 amide bonds. The third-order valence-electron chi connectivity index (χ3n) is 5.12. The SMILES string of the molecule is CC(C)(C)C1NNCC1CNCC(=O)N1CCCc2ccccc21. The van der Waals surface area contributed by atoms with Crippen LogP contribution in [0.5, 0.6) is 0 Å². The van der Waals surface area contributed by atoms with E-state index in [4.69, 9.17) is 0 Å². The van der Waals surface area contributed by atoms with Crippen molar-refractivity contribution in [1.82, 2.24) is 16.2 Å². The highest BCUT2D eigenvalue weighted by Crippen LogP contribution is 2.28. The molecular formula is C19H30N4O. The molecule has 0 saturated carbocycles. The van der Waals surface area contributed by atoms with Gasteiger partial charge in [-0.1, -0.05) is 39.0 Å². The van der Waals surface area contributed by atoms with Gasteiger partial charge in [0, 0.05) is 37.3 Å². The molecule has 24 heavy (non-hydrogen) atoms. The van der Waals surface area contributed by atoms with E-state index in [1.165, 1.54) is 5.56 Å². The zero-order chi connectivity index (χ0) is 17.2. The van der Waals surface area contributed by atoms with Crippen LogP contribution < -0.4 is 21.1 Å². The number of anilines is 1. The molecule has 2 heterocycles. The second kappa shape index (κ2) is 7.21. The van der Waals surface area contributed by atoms with Crippen molar-refractivity contribution in [2.45, 2.75) is 39.7 Å². The molecule has 2 aliphatic heterocycles. The molecule has 0 radical (unpaired) electrons. The van der Waals surface area contributed by atoms with Crippen LogP contribution in [0.2, 0.25) is 0 Å². The minimum absolute atomic E-state index is 0.174. The summed E-state index contributed by atoms with van der Waals surface area (Å²) >= 11 is 0. The average Bonchev–Trinajstić information content (AvgIpc) is 3.03. The fourth-order valence-corrected chi connectivity index (χ4v) is 3.90. The lowest BCUT2D eigenvalue weighted by molar-refractivity contribution is -0.117. The Bertz CT molecular complexity index is 581. The predicted molar refractivity (Wildman–Crippen MR) is 97.9 cm³/mol. The summed E-state index contributed by atoms with van der Waals surface area (Å²) in [4.78, 5) is 14.6. The summed E-state index contributed by atoms with van der Waals surface area (Å²) in [7, 11) is 0. The number of nitrogens with zero attached hydrogens (tertiary/aromatic N) is 1. The smallest absolute Gasteiger partial charge is 0.240 e. The van der Waals surface area contributed by atoms with Gasteiger partial charge in [0.1, 0.15) is 0 Å². The molecule has 2 aliphatic rings. The molecule has 132 valence electrons. The summed E-state index contributed by atoms with van der Waals surface area (Å²) in [5.41, 5.74) is 9.21. The molecule has 0 spiro atoms. The molecule has 0 aromatic heterocycles. The van der Waals surface area contributed by atoms with Gasteiger partial charge in [0.05, 0.1) is 6.54 Å². The number of hydrogen-bond acceptors (Lipinski definition) is 4. The molecule has 1 saturated heterocycles. The number of hydrazine groups is 1. The van der Waals surface area contributed by atoms with Crippen LogP contribution in [0, 0.1) is 11.3 Å². The lowest BCUT2D eigenvalue weighted by atomic mass is 9.80. The Morgan fingerprint density at radius 1 is 1.33 bits per heavy atom. The van der Waals surface area contributed by atoms with E-state index in [1.54, 1.807) is 0 Å². The molecule has 2 atom stereocenters. The predicted octanol–water partition coefficient (Wildman–Crippen LogP) is 1.69. The van der Waals surface area contributed by atoms with Gasteiger partial charge in [-0.3, -0.25) is 15.6 Å². The molecule has 1 aromatic rings. The highest BCUT2D eigenvalue weighted by molar-refractivity contribution is 5.95. The number of benzene rings is 1. The molecule has 2 unspecified atom stereocenters. The van der Waals surface area contributed by atoms with Crippen molar-refractivity contribution in [2.75, 3.05) is 31.1 Å². The van der Waals surface area contributed by atoms with Gasteiger partial charge in [-0.15, -0.1) is 0 Å². The van der Waals surface area contributed by atoms with Crippen molar-refractivity contribution in [3.63, 3.8) is 0 Å². The Morgan fingerprint density at radius 3 is 2.92 bits per heavy atom. The molecule has 0 aliphatic carbocycles. The summed E-state index contributed by atoms with van der Waals surface area (Å²) in [5, 5.41) is 3.39. The van der Waals surface area contributed by atoms with E-state index in [0.29, 0.717) is 18.5 Å². The van der Waals surface area contributed by atoms with Gasteiger partial charge in [0.25, 0.3) is 0 Å². The first kappa shape index (κ1) is 17.4. The molecular weight excluding hydrogens is 300 g/mol. The van der Waals surface area contributed by atoms with Gasteiger partial charge in [-0.25, -0.2) is 0 Å². The number of carbonyl (C=O) groups excluding carboxylic acids is 1. The van der Waals surface area contributed by atoms with Crippen molar-refractivity contribution < 1.29 is 4.79 Å². The number of nitrogens with one attached hydrogen (secondary N) is 3. The van der Waals surface area contributed by atoms with Crippen LogP contribution in [-0.2, 0) is 11.2 Å². The van der Waals surface area contributed by atoms with E-state index < -0.39 is 0 Å². The molecule has 5 nitrogen and oxygen atoms in total. The van der Waals surface area contributed by atoms with Gasteiger partial charge in [-0.2, -0.15) is 0 Å². The van der Waals surface area contributed by atoms with E-state index >= 15 is 0 Å². The maximum Gasteiger partial charge on any atom is 0.240 e. The van der Waals surface area contributed by atoms with Crippen LogP contribution in [0.1, 0.15) is 32.8 Å². The molecule has 3 N–H and O–H groups in total. The monoisotopic (exact) mass is 330 g/mol. The number of amides is 1. The van der Waals surface area contributed by atoms with Crippen molar-refractivity contribution in [2.24, 2.45) is 11.3 Å². The number of fused-ring (bicyclic) bond motifs is 1. The van der Waals surface area contributed by atoms with Crippen LogP contribution in [0.3, 0.4) is 0 Å². The summed E-state index contributed by atoms with van der Waals surface area (Å²) < 4.78 is 0. The molecule has 5 heteroatoms. The largest absolute Gasteiger partial charge is 0.311 e. The van der Waals surface area contributed by atoms with Crippen LogP contribution in [0.25, 0.3) is 0 Å². The summed E-state index contributed by atoms with van der Waals surface area (Å²) in [6, 6.07) is 8.67. The quantitative estimate of drug-likeness (QED) is 0.786. The highest BCUT2D eigenvalue weighted by Gasteiger charge is 2.35. The van der Waals surface area contributed by atoms with Crippen molar-refractivity contribution in [1.29, 1.82) is 0 Å². The lowest BCUT2D eigenvalue weighted by Gasteiger charge is -2.32. The topological polar surface area (TPSA) is 56.4 Å². The Labute approximate surface area is 145 Å².